The van der Waals surface area contributed by atoms with E-state index >= 15 is 0 Å². The Morgan fingerprint density at radius 2 is 2.20 bits per heavy atom. The average molecular weight is 211 g/mol. The van der Waals surface area contributed by atoms with Crippen molar-refractivity contribution in [3.63, 3.8) is 0 Å². The second-order valence-corrected chi connectivity index (χ2v) is 4.99. The van der Waals surface area contributed by atoms with Crippen LogP contribution in [0.25, 0.3) is 0 Å². The molecule has 2 fully saturated rings. The van der Waals surface area contributed by atoms with Crippen molar-refractivity contribution in [2.45, 2.75) is 38.5 Å². The lowest BCUT2D eigenvalue weighted by molar-refractivity contribution is -0.140. The van der Waals surface area contributed by atoms with Gasteiger partial charge < -0.3 is 10.1 Å². The van der Waals surface area contributed by atoms with Gasteiger partial charge in [-0.05, 0) is 50.0 Å². The van der Waals surface area contributed by atoms with E-state index in [0.717, 1.165) is 18.9 Å². The molecule has 0 aromatic heterocycles. The summed E-state index contributed by atoms with van der Waals surface area (Å²) in [6.45, 7) is 2.11. The third kappa shape index (κ3) is 2.94. The van der Waals surface area contributed by atoms with Crippen LogP contribution in [0.15, 0.2) is 0 Å². The molecular formula is C12H21NO2. The summed E-state index contributed by atoms with van der Waals surface area (Å²) in [7, 11) is 1.45. The first-order valence-corrected chi connectivity index (χ1v) is 6.04. The summed E-state index contributed by atoms with van der Waals surface area (Å²) >= 11 is 0. The summed E-state index contributed by atoms with van der Waals surface area (Å²) in [5, 5.41) is 3.48. The van der Waals surface area contributed by atoms with E-state index in [9.17, 15) is 4.79 Å². The normalized spacial score (nSPS) is 22.5. The highest BCUT2D eigenvalue weighted by Gasteiger charge is 2.52. The minimum Gasteiger partial charge on any atom is -0.469 e. The molecule has 15 heavy (non-hydrogen) atoms. The fourth-order valence-corrected chi connectivity index (χ4v) is 2.38. The number of rotatable bonds is 7. The minimum atomic E-state index is -0.0971. The van der Waals surface area contributed by atoms with Crippen LogP contribution in [-0.2, 0) is 9.53 Å². The summed E-state index contributed by atoms with van der Waals surface area (Å²) in [6.07, 6.45) is 7.17. The molecule has 0 unspecified atom stereocenters. The Hall–Kier alpha value is -0.570. The maximum atomic E-state index is 10.9. The number of methoxy groups -OCH3 is 1. The van der Waals surface area contributed by atoms with Crippen molar-refractivity contribution in [3.05, 3.63) is 0 Å². The smallest absolute Gasteiger partial charge is 0.305 e. The van der Waals surface area contributed by atoms with Gasteiger partial charge in [-0.1, -0.05) is 0 Å². The quantitative estimate of drug-likeness (QED) is 0.515. The maximum absolute atomic E-state index is 10.9. The number of nitrogens with one attached hydrogen (secondary N) is 1. The molecular weight excluding hydrogens is 190 g/mol. The molecule has 0 aliphatic heterocycles. The van der Waals surface area contributed by atoms with Gasteiger partial charge in [0.15, 0.2) is 0 Å². The molecule has 2 saturated carbocycles. The lowest BCUT2D eigenvalue weighted by Crippen LogP contribution is -2.26. The van der Waals surface area contributed by atoms with Crippen molar-refractivity contribution in [3.8, 4) is 0 Å². The molecule has 2 aliphatic rings. The lowest BCUT2D eigenvalue weighted by Gasteiger charge is -2.14. The molecule has 0 saturated heterocycles. The fourth-order valence-electron chi connectivity index (χ4n) is 2.38. The predicted octanol–water partition coefficient (Wildman–Crippen LogP) is 1.72. The second-order valence-electron chi connectivity index (χ2n) is 4.99. The van der Waals surface area contributed by atoms with Crippen LogP contribution in [-0.4, -0.2) is 26.2 Å². The first kappa shape index (κ1) is 10.9. The van der Waals surface area contributed by atoms with Gasteiger partial charge >= 0.3 is 5.97 Å². The molecule has 0 radical (unpaired) electrons. The van der Waals surface area contributed by atoms with Gasteiger partial charge in [0.2, 0.25) is 0 Å². The molecule has 0 amide bonds. The Kier molecular flexibility index (Phi) is 3.29. The Balaban J connectivity index is 1.50. The molecule has 86 valence electrons. The third-order valence-corrected chi connectivity index (χ3v) is 3.77. The van der Waals surface area contributed by atoms with Crippen molar-refractivity contribution in [1.29, 1.82) is 0 Å². The van der Waals surface area contributed by atoms with E-state index in [-0.39, 0.29) is 5.97 Å². The van der Waals surface area contributed by atoms with Gasteiger partial charge in [-0.3, -0.25) is 4.79 Å². The molecule has 0 aromatic rings. The highest BCUT2D eigenvalue weighted by Crippen LogP contribution is 2.60. The Morgan fingerprint density at radius 1 is 1.47 bits per heavy atom. The van der Waals surface area contributed by atoms with Crippen LogP contribution in [0.2, 0.25) is 0 Å². The van der Waals surface area contributed by atoms with Gasteiger partial charge in [0.05, 0.1) is 7.11 Å². The van der Waals surface area contributed by atoms with Crippen molar-refractivity contribution >= 4 is 5.97 Å². The van der Waals surface area contributed by atoms with Crippen molar-refractivity contribution in [1.82, 2.24) is 5.32 Å². The van der Waals surface area contributed by atoms with E-state index in [0.29, 0.717) is 11.8 Å². The van der Waals surface area contributed by atoms with Crippen molar-refractivity contribution < 1.29 is 9.53 Å². The standard InChI is InChI=1S/C12H21NO2/c1-15-11(14)3-2-8-13-9-12(6-7-12)10-4-5-10/h10,13H,2-9H2,1H3. The Labute approximate surface area is 91.6 Å². The highest BCUT2D eigenvalue weighted by molar-refractivity contribution is 5.69. The molecule has 1 N–H and O–H groups in total. The largest absolute Gasteiger partial charge is 0.469 e. The van der Waals surface area contributed by atoms with Crippen LogP contribution in [0.4, 0.5) is 0 Å². The van der Waals surface area contributed by atoms with Gasteiger partial charge in [0, 0.05) is 13.0 Å². The highest BCUT2D eigenvalue weighted by atomic mass is 16.5. The Bertz CT molecular complexity index is 232. The number of esters is 1. The maximum Gasteiger partial charge on any atom is 0.305 e. The summed E-state index contributed by atoms with van der Waals surface area (Å²) in [6, 6.07) is 0. The minimum absolute atomic E-state index is 0.0971. The zero-order chi connectivity index (χ0) is 10.7. The van der Waals surface area contributed by atoms with Crippen molar-refractivity contribution in [2.24, 2.45) is 11.3 Å². The lowest BCUT2D eigenvalue weighted by atomic mass is 10.0. The number of carbonyl (C=O) groups excluding carboxylic acids is 1. The number of ether oxygens (including phenoxy) is 1. The van der Waals surface area contributed by atoms with Crippen LogP contribution in [0.3, 0.4) is 0 Å². The van der Waals surface area contributed by atoms with Crippen LogP contribution in [0.5, 0.6) is 0 Å². The zero-order valence-corrected chi connectivity index (χ0v) is 9.55. The monoisotopic (exact) mass is 211 g/mol. The predicted molar refractivity (Wildman–Crippen MR) is 58.5 cm³/mol. The molecule has 0 heterocycles. The molecule has 2 aliphatic carbocycles. The van der Waals surface area contributed by atoms with Gasteiger partial charge in [0.1, 0.15) is 0 Å². The number of hydrogen-bond donors (Lipinski definition) is 1. The van der Waals surface area contributed by atoms with Crippen LogP contribution in [0.1, 0.15) is 38.5 Å². The second kappa shape index (κ2) is 4.52. The summed E-state index contributed by atoms with van der Waals surface area (Å²) in [4.78, 5) is 10.9. The van der Waals surface area contributed by atoms with E-state index in [2.05, 4.69) is 10.1 Å². The molecule has 0 bridgehead atoms. The van der Waals surface area contributed by atoms with Crippen LogP contribution >= 0.6 is 0 Å². The van der Waals surface area contributed by atoms with Crippen LogP contribution in [0, 0.1) is 11.3 Å². The molecule has 2 rings (SSSR count). The van der Waals surface area contributed by atoms with Crippen LogP contribution < -0.4 is 5.32 Å². The molecule has 0 atom stereocenters. The third-order valence-electron chi connectivity index (χ3n) is 3.77. The van der Waals surface area contributed by atoms with Gasteiger partial charge in [-0.15, -0.1) is 0 Å². The van der Waals surface area contributed by atoms with Gasteiger partial charge in [-0.2, -0.15) is 0 Å². The SMILES string of the molecule is COC(=O)CCCNCC1(C2CC2)CC1. The number of carbonyl (C=O) groups is 1. The van der Waals surface area contributed by atoms with Gasteiger partial charge in [0.25, 0.3) is 0 Å². The van der Waals surface area contributed by atoms with E-state index in [4.69, 9.17) is 0 Å². The first-order valence-electron chi connectivity index (χ1n) is 6.04. The first-order chi connectivity index (χ1) is 7.27. The topological polar surface area (TPSA) is 38.3 Å². The van der Waals surface area contributed by atoms with E-state index in [1.165, 1.54) is 39.3 Å². The summed E-state index contributed by atoms with van der Waals surface area (Å²) in [5.41, 5.74) is 0.672. The molecule has 3 heteroatoms. The van der Waals surface area contributed by atoms with E-state index in [1.54, 1.807) is 0 Å². The average Bonchev–Trinajstić information content (AvgIpc) is 3.08. The molecule has 0 aromatic carbocycles. The number of hydrogen-bond acceptors (Lipinski definition) is 3. The van der Waals surface area contributed by atoms with E-state index < -0.39 is 0 Å². The fraction of sp³-hybridized carbons (Fsp3) is 0.917. The zero-order valence-electron chi connectivity index (χ0n) is 9.55. The summed E-state index contributed by atoms with van der Waals surface area (Å²) in [5.74, 6) is 0.922. The van der Waals surface area contributed by atoms with Gasteiger partial charge in [-0.25, -0.2) is 0 Å². The molecule has 3 nitrogen and oxygen atoms in total. The Morgan fingerprint density at radius 3 is 2.73 bits per heavy atom. The summed E-state index contributed by atoms with van der Waals surface area (Å²) < 4.78 is 4.59. The van der Waals surface area contributed by atoms with E-state index in [1.807, 2.05) is 0 Å². The molecule has 0 spiro atoms. The van der Waals surface area contributed by atoms with Crippen molar-refractivity contribution in [2.75, 3.05) is 20.2 Å².